The van der Waals surface area contributed by atoms with E-state index in [1.54, 1.807) is 13.8 Å². The van der Waals surface area contributed by atoms with Crippen molar-refractivity contribution in [1.29, 1.82) is 0 Å². The van der Waals surface area contributed by atoms with Gasteiger partial charge in [0.1, 0.15) is 5.92 Å². The Balaban J connectivity index is 2.86. The van der Waals surface area contributed by atoms with Crippen molar-refractivity contribution in [1.82, 2.24) is 0 Å². The minimum Gasteiger partial charge on any atom is -0.481 e. The van der Waals surface area contributed by atoms with Crippen molar-refractivity contribution in [3.63, 3.8) is 0 Å². The van der Waals surface area contributed by atoms with E-state index in [2.05, 4.69) is 0 Å². The summed E-state index contributed by atoms with van der Waals surface area (Å²) < 4.78 is 10.6. The summed E-state index contributed by atoms with van der Waals surface area (Å²) >= 11 is 0. The van der Waals surface area contributed by atoms with Crippen LogP contribution in [0.2, 0.25) is 0 Å². The smallest absolute Gasteiger partial charge is 0.312 e. The van der Waals surface area contributed by atoms with E-state index >= 15 is 0 Å². The zero-order chi connectivity index (χ0) is 12.3. The second-order valence-corrected chi connectivity index (χ2v) is 3.64. The average Bonchev–Trinajstić information content (AvgIpc) is 2.12. The lowest BCUT2D eigenvalue weighted by Gasteiger charge is -2.49. The number of carboxylic acid groups (broad SMARTS) is 2. The first-order valence-electron chi connectivity index (χ1n) is 5.22. The summed E-state index contributed by atoms with van der Waals surface area (Å²) in [5, 5.41) is 17.9. The summed E-state index contributed by atoms with van der Waals surface area (Å²) in [5.41, 5.74) is 0. The Morgan fingerprint density at radius 1 is 1.19 bits per heavy atom. The highest BCUT2D eigenvalue weighted by Gasteiger charge is 2.63. The minimum absolute atomic E-state index is 0.0843. The van der Waals surface area contributed by atoms with Gasteiger partial charge in [-0.1, -0.05) is 0 Å². The first-order chi connectivity index (χ1) is 7.48. The lowest BCUT2D eigenvalue weighted by atomic mass is 9.67. The van der Waals surface area contributed by atoms with Crippen LogP contribution in [0.25, 0.3) is 0 Å². The van der Waals surface area contributed by atoms with Gasteiger partial charge in [-0.3, -0.25) is 9.59 Å². The zero-order valence-electron chi connectivity index (χ0n) is 9.30. The van der Waals surface area contributed by atoms with Crippen LogP contribution >= 0.6 is 0 Å². The standard InChI is InChI=1S/C10H16O6/c1-3-15-10(16-4-2)5-6(8(11)12)7(10)9(13)14/h6-7H,3-5H2,1-2H3,(H,11,12)(H,13,14). The molecule has 0 aliphatic heterocycles. The van der Waals surface area contributed by atoms with Crippen LogP contribution in [0.15, 0.2) is 0 Å². The predicted octanol–water partition coefficient (Wildman–Crippen LogP) is 0.561. The fourth-order valence-corrected chi connectivity index (χ4v) is 2.12. The van der Waals surface area contributed by atoms with E-state index < -0.39 is 29.6 Å². The van der Waals surface area contributed by atoms with Crippen LogP contribution in [0.5, 0.6) is 0 Å². The van der Waals surface area contributed by atoms with Crippen LogP contribution in [-0.4, -0.2) is 41.2 Å². The van der Waals surface area contributed by atoms with Crippen LogP contribution in [-0.2, 0) is 19.1 Å². The van der Waals surface area contributed by atoms with E-state index in [1.165, 1.54) is 0 Å². The van der Waals surface area contributed by atoms with Gasteiger partial charge < -0.3 is 19.7 Å². The number of carbonyl (C=O) groups is 2. The third-order valence-electron chi connectivity index (χ3n) is 2.74. The number of carboxylic acids is 2. The highest BCUT2D eigenvalue weighted by atomic mass is 16.7. The normalized spacial score (nSPS) is 27.1. The van der Waals surface area contributed by atoms with Crippen LogP contribution < -0.4 is 0 Å². The Morgan fingerprint density at radius 2 is 1.69 bits per heavy atom. The lowest BCUT2D eigenvalue weighted by molar-refractivity contribution is -0.320. The Kier molecular flexibility index (Phi) is 3.88. The summed E-state index contributed by atoms with van der Waals surface area (Å²) in [6.07, 6.45) is 0.0843. The molecular weight excluding hydrogens is 216 g/mol. The van der Waals surface area contributed by atoms with Gasteiger partial charge in [-0.25, -0.2) is 0 Å². The fraction of sp³-hybridized carbons (Fsp3) is 0.800. The van der Waals surface area contributed by atoms with Gasteiger partial charge in [0.05, 0.1) is 5.92 Å². The molecular formula is C10H16O6. The molecule has 6 heteroatoms. The predicted molar refractivity (Wildman–Crippen MR) is 52.9 cm³/mol. The van der Waals surface area contributed by atoms with Gasteiger partial charge in [0.25, 0.3) is 0 Å². The third kappa shape index (κ3) is 2.03. The Hall–Kier alpha value is -1.14. The first-order valence-corrected chi connectivity index (χ1v) is 5.22. The van der Waals surface area contributed by atoms with Gasteiger partial charge in [0.2, 0.25) is 0 Å². The maximum Gasteiger partial charge on any atom is 0.312 e. The average molecular weight is 232 g/mol. The molecule has 0 aromatic heterocycles. The maximum absolute atomic E-state index is 11.0. The van der Waals surface area contributed by atoms with E-state index in [0.29, 0.717) is 0 Å². The number of ether oxygens (including phenoxy) is 2. The molecule has 0 heterocycles. The number of hydrogen-bond acceptors (Lipinski definition) is 4. The van der Waals surface area contributed by atoms with Crippen molar-refractivity contribution in [3.8, 4) is 0 Å². The molecule has 16 heavy (non-hydrogen) atoms. The highest BCUT2D eigenvalue weighted by molar-refractivity contribution is 5.83. The van der Waals surface area contributed by atoms with E-state index in [9.17, 15) is 9.59 Å². The molecule has 92 valence electrons. The van der Waals surface area contributed by atoms with Gasteiger partial charge >= 0.3 is 11.9 Å². The topological polar surface area (TPSA) is 93.1 Å². The Labute approximate surface area is 93.2 Å². The first kappa shape index (κ1) is 12.9. The molecule has 1 aliphatic carbocycles. The number of rotatable bonds is 6. The van der Waals surface area contributed by atoms with Crippen molar-refractivity contribution >= 4 is 11.9 Å². The molecule has 1 rings (SSSR count). The Bertz CT molecular complexity index is 281. The van der Waals surface area contributed by atoms with Crippen molar-refractivity contribution in [2.75, 3.05) is 13.2 Å². The molecule has 2 unspecified atom stereocenters. The SMILES string of the molecule is CCOC1(OCC)CC(C(=O)O)C1C(=O)O. The molecule has 1 aliphatic rings. The zero-order valence-corrected chi connectivity index (χ0v) is 9.30. The maximum atomic E-state index is 11.0. The van der Waals surface area contributed by atoms with E-state index in [-0.39, 0.29) is 19.6 Å². The summed E-state index contributed by atoms with van der Waals surface area (Å²) in [7, 11) is 0. The van der Waals surface area contributed by atoms with Gasteiger partial charge in [0, 0.05) is 19.6 Å². The molecule has 0 saturated heterocycles. The molecule has 0 radical (unpaired) electrons. The quantitative estimate of drug-likeness (QED) is 0.650. The second kappa shape index (κ2) is 4.80. The minimum atomic E-state index is -1.27. The van der Waals surface area contributed by atoms with E-state index in [1.807, 2.05) is 0 Å². The highest BCUT2D eigenvalue weighted by Crippen LogP contribution is 2.48. The van der Waals surface area contributed by atoms with Gasteiger partial charge in [-0.15, -0.1) is 0 Å². The van der Waals surface area contributed by atoms with Crippen molar-refractivity contribution in [2.45, 2.75) is 26.1 Å². The molecule has 1 fully saturated rings. The van der Waals surface area contributed by atoms with Crippen LogP contribution in [0, 0.1) is 11.8 Å². The number of hydrogen-bond donors (Lipinski definition) is 2. The van der Waals surface area contributed by atoms with Crippen molar-refractivity contribution < 1.29 is 29.3 Å². The van der Waals surface area contributed by atoms with E-state index in [0.717, 1.165) is 0 Å². The molecule has 0 bridgehead atoms. The monoisotopic (exact) mass is 232 g/mol. The fourth-order valence-electron chi connectivity index (χ4n) is 2.12. The molecule has 0 amide bonds. The lowest BCUT2D eigenvalue weighted by Crippen LogP contribution is -2.62. The number of aliphatic carboxylic acids is 2. The molecule has 1 saturated carbocycles. The summed E-state index contributed by atoms with van der Waals surface area (Å²) in [4.78, 5) is 21.9. The van der Waals surface area contributed by atoms with Crippen molar-refractivity contribution in [3.05, 3.63) is 0 Å². The van der Waals surface area contributed by atoms with Gasteiger partial charge in [-0.2, -0.15) is 0 Å². The molecule has 0 spiro atoms. The molecule has 2 atom stereocenters. The molecule has 0 aromatic rings. The van der Waals surface area contributed by atoms with E-state index in [4.69, 9.17) is 19.7 Å². The third-order valence-corrected chi connectivity index (χ3v) is 2.74. The largest absolute Gasteiger partial charge is 0.481 e. The second-order valence-electron chi connectivity index (χ2n) is 3.64. The summed E-state index contributed by atoms with van der Waals surface area (Å²) in [6, 6.07) is 0. The molecule has 2 N–H and O–H groups in total. The van der Waals surface area contributed by atoms with Crippen LogP contribution in [0.4, 0.5) is 0 Å². The Morgan fingerprint density at radius 3 is 2.00 bits per heavy atom. The van der Waals surface area contributed by atoms with Crippen LogP contribution in [0.3, 0.4) is 0 Å². The summed E-state index contributed by atoms with van der Waals surface area (Å²) in [6.45, 7) is 4.01. The van der Waals surface area contributed by atoms with Crippen molar-refractivity contribution in [2.24, 2.45) is 11.8 Å². The van der Waals surface area contributed by atoms with Gasteiger partial charge in [0.15, 0.2) is 5.79 Å². The van der Waals surface area contributed by atoms with Gasteiger partial charge in [-0.05, 0) is 13.8 Å². The summed E-state index contributed by atoms with van der Waals surface area (Å²) in [5.74, 6) is -5.65. The molecule has 0 aromatic carbocycles. The van der Waals surface area contributed by atoms with Crippen LogP contribution in [0.1, 0.15) is 20.3 Å². The molecule has 6 nitrogen and oxygen atoms in total.